The van der Waals surface area contributed by atoms with Crippen LogP contribution in [0.25, 0.3) is 11.5 Å². The van der Waals surface area contributed by atoms with Crippen molar-refractivity contribution >= 4 is 11.6 Å². The first-order valence-electron chi connectivity index (χ1n) is 8.13. The van der Waals surface area contributed by atoms with Gasteiger partial charge >= 0.3 is 0 Å². The molecule has 1 aromatic carbocycles. The Kier molecular flexibility index (Phi) is 5.11. The first kappa shape index (κ1) is 18.4. The van der Waals surface area contributed by atoms with Crippen molar-refractivity contribution in [3.8, 4) is 11.5 Å². The van der Waals surface area contributed by atoms with Gasteiger partial charge in [0.15, 0.2) is 5.82 Å². The molecule has 3 rings (SSSR count). The van der Waals surface area contributed by atoms with Gasteiger partial charge in [0.05, 0.1) is 11.3 Å². The summed E-state index contributed by atoms with van der Waals surface area (Å²) < 4.78 is 33.1. The van der Waals surface area contributed by atoms with Gasteiger partial charge < -0.3 is 14.4 Å². The lowest BCUT2D eigenvalue weighted by atomic mass is 10.2. The summed E-state index contributed by atoms with van der Waals surface area (Å²) in [5, 5.41) is 6.09. The summed E-state index contributed by atoms with van der Waals surface area (Å²) in [6, 6.07) is 5.46. The summed E-state index contributed by atoms with van der Waals surface area (Å²) in [6.45, 7) is 3.42. The molecule has 0 spiro atoms. The number of carbonyl (C=O) groups excluding carboxylic acids is 1. The van der Waals surface area contributed by atoms with E-state index in [0.29, 0.717) is 11.4 Å². The molecular weight excluding hydrogens is 358 g/mol. The van der Waals surface area contributed by atoms with Crippen LogP contribution in [0, 0.1) is 11.6 Å². The summed E-state index contributed by atoms with van der Waals surface area (Å²) in [5.41, 5.74) is -0.293. The molecule has 2 aromatic heterocycles. The van der Waals surface area contributed by atoms with Gasteiger partial charge in [-0.3, -0.25) is 9.59 Å². The average molecular weight is 374 g/mol. The normalized spacial score (nSPS) is 11.0. The third-order valence-corrected chi connectivity index (χ3v) is 3.70. The van der Waals surface area contributed by atoms with Crippen molar-refractivity contribution in [1.82, 2.24) is 14.7 Å². The second-order valence-electron chi connectivity index (χ2n) is 6.17. The predicted molar refractivity (Wildman–Crippen MR) is 93.1 cm³/mol. The molecule has 0 radical (unpaired) electrons. The van der Waals surface area contributed by atoms with Crippen LogP contribution in [-0.2, 0) is 11.3 Å². The monoisotopic (exact) mass is 374 g/mol. The Bertz CT molecular complexity index is 1040. The summed E-state index contributed by atoms with van der Waals surface area (Å²) >= 11 is 0. The molecule has 3 aromatic rings. The first-order chi connectivity index (χ1) is 12.8. The highest BCUT2D eigenvalue weighted by Crippen LogP contribution is 2.19. The van der Waals surface area contributed by atoms with Crippen LogP contribution in [-0.4, -0.2) is 20.6 Å². The molecule has 7 nitrogen and oxygen atoms in total. The van der Waals surface area contributed by atoms with Crippen molar-refractivity contribution < 1.29 is 18.1 Å². The molecular formula is C18H16F2N4O3. The van der Waals surface area contributed by atoms with Gasteiger partial charge in [-0.1, -0.05) is 19.0 Å². The van der Waals surface area contributed by atoms with Gasteiger partial charge in [0.2, 0.25) is 5.91 Å². The van der Waals surface area contributed by atoms with E-state index in [1.807, 2.05) is 13.8 Å². The SMILES string of the molecule is CC(C)c1noc(-c2ccc(=O)n(CC(=O)Nc3cc(F)ccc3F)c2)n1. The number of pyridine rings is 1. The fourth-order valence-corrected chi connectivity index (χ4v) is 2.31. The number of amides is 1. The van der Waals surface area contributed by atoms with E-state index in [2.05, 4.69) is 15.5 Å². The van der Waals surface area contributed by atoms with E-state index in [1.165, 1.54) is 18.3 Å². The maximum atomic E-state index is 13.6. The number of halogens is 2. The van der Waals surface area contributed by atoms with Gasteiger partial charge in [-0.05, 0) is 18.2 Å². The van der Waals surface area contributed by atoms with E-state index < -0.39 is 29.6 Å². The first-order valence-corrected chi connectivity index (χ1v) is 8.13. The number of carbonyl (C=O) groups is 1. The van der Waals surface area contributed by atoms with Crippen molar-refractivity contribution in [3.63, 3.8) is 0 Å². The summed E-state index contributed by atoms with van der Waals surface area (Å²) in [5.74, 6) is -1.36. The minimum atomic E-state index is -0.780. The molecule has 9 heteroatoms. The third-order valence-electron chi connectivity index (χ3n) is 3.70. The van der Waals surface area contributed by atoms with Gasteiger partial charge in [-0.15, -0.1) is 0 Å². The Morgan fingerprint density at radius 3 is 2.74 bits per heavy atom. The summed E-state index contributed by atoms with van der Waals surface area (Å²) in [7, 11) is 0. The number of benzene rings is 1. The molecule has 0 aliphatic rings. The van der Waals surface area contributed by atoms with E-state index in [1.54, 1.807) is 0 Å². The van der Waals surface area contributed by atoms with Gasteiger partial charge in [-0.25, -0.2) is 8.78 Å². The smallest absolute Gasteiger partial charge is 0.259 e. The highest BCUT2D eigenvalue weighted by Gasteiger charge is 2.14. The van der Waals surface area contributed by atoms with E-state index in [9.17, 15) is 18.4 Å². The molecule has 0 aliphatic carbocycles. The highest BCUT2D eigenvalue weighted by atomic mass is 19.1. The van der Waals surface area contributed by atoms with Crippen molar-refractivity contribution in [2.75, 3.05) is 5.32 Å². The number of hydrogen-bond acceptors (Lipinski definition) is 5. The Labute approximate surface area is 152 Å². The molecule has 2 heterocycles. The Hall–Kier alpha value is -3.36. The maximum Gasteiger partial charge on any atom is 0.259 e. The van der Waals surface area contributed by atoms with Gasteiger partial charge in [0.25, 0.3) is 11.4 Å². The van der Waals surface area contributed by atoms with Crippen LogP contribution in [0.3, 0.4) is 0 Å². The molecule has 140 valence electrons. The van der Waals surface area contributed by atoms with Crippen molar-refractivity contribution in [1.29, 1.82) is 0 Å². The average Bonchev–Trinajstić information content (AvgIpc) is 3.10. The molecule has 0 saturated carbocycles. The number of anilines is 1. The number of hydrogen-bond donors (Lipinski definition) is 1. The van der Waals surface area contributed by atoms with E-state index in [-0.39, 0.29) is 17.5 Å². The fraction of sp³-hybridized carbons (Fsp3) is 0.222. The van der Waals surface area contributed by atoms with Gasteiger partial charge in [-0.2, -0.15) is 4.98 Å². The van der Waals surface area contributed by atoms with Crippen LogP contribution in [0.2, 0.25) is 0 Å². The predicted octanol–water partition coefficient (Wildman–Crippen LogP) is 2.94. The fourth-order valence-electron chi connectivity index (χ4n) is 2.31. The Balaban J connectivity index is 1.81. The van der Waals surface area contributed by atoms with Crippen molar-refractivity contribution in [2.45, 2.75) is 26.3 Å². The third kappa shape index (κ3) is 4.25. The molecule has 0 atom stereocenters. The van der Waals surface area contributed by atoms with Crippen LogP contribution in [0.5, 0.6) is 0 Å². The van der Waals surface area contributed by atoms with Crippen LogP contribution in [0.15, 0.2) is 45.8 Å². The number of rotatable bonds is 5. The lowest BCUT2D eigenvalue weighted by molar-refractivity contribution is -0.116. The standard InChI is InChI=1S/C18H16F2N4O3/c1-10(2)17-22-18(27-23-17)11-3-6-16(26)24(8-11)9-15(25)21-14-7-12(19)4-5-13(14)20/h3-8,10H,9H2,1-2H3,(H,21,25). The molecule has 0 bridgehead atoms. The van der Waals surface area contributed by atoms with Gasteiger partial charge in [0.1, 0.15) is 18.2 Å². The Morgan fingerprint density at radius 1 is 1.26 bits per heavy atom. The second kappa shape index (κ2) is 7.48. The zero-order valence-electron chi connectivity index (χ0n) is 14.6. The van der Waals surface area contributed by atoms with Crippen molar-refractivity contribution in [3.05, 3.63) is 64.3 Å². The minimum absolute atomic E-state index is 0.0698. The molecule has 0 unspecified atom stereocenters. The second-order valence-corrected chi connectivity index (χ2v) is 6.17. The number of nitrogens with zero attached hydrogens (tertiary/aromatic N) is 3. The molecule has 0 saturated heterocycles. The summed E-state index contributed by atoms with van der Waals surface area (Å²) in [4.78, 5) is 28.4. The molecule has 0 fully saturated rings. The lowest BCUT2D eigenvalue weighted by Gasteiger charge is -2.09. The van der Waals surface area contributed by atoms with E-state index >= 15 is 0 Å². The maximum absolute atomic E-state index is 13.6. The largest absolute Gasteiger partial charge is 0.334 e. The molecule has 0 aliphatic heterocycles. The van der Waals surface area contributed by atoms with E-state index in [0.717, 1.165) is 22.8 Å². The van der Waals surface area contributed by atoms with Crippen LogP contribution in [0.4, 0.5) is 14.5 Å². The minimum Gasteiger partial charge on any atom is -0.334 e. The molecule has 27 heavy (non-hydrogen) atoms. The van der Waals surface area contributed by atoms with Gasteiger partial charge in [0, 0.05) is 24.2 Å². The topological polar surface area (TPSA) is 90.0 Å². The quantitative estimate of drug-likeness (QED) is 0.742. The summed E-state index contributed by atoms with van der Waals surface area (Å²) in [6.07, 6.45) is 1.39. The van der Waals surface area contributed by atoms with Crippen LogP contribution >= 0.6 is 0 Å². The lowest BCUT2D eigenvalue weighted by Crippen LogP contribution is -2.27. The zero-order valence-corrected chi connectivity index (χ0v) is 14.6. The number of aromatic nitrogens is 3. The molecule has 1 N–H and O–H groups in total. The highest BCUT2D eigenvalue weighted by molar-refractivity contribution is 5.90. The molecule has 1 amide bonds. The Morgan fingerprint density at radius 2 is 2.04 bits per heavy atom. The van der Waals surface area contributed by atoms with Crippen LogP contribution in [0.1, 0.15) is 25.6 Å². The zero-order chi connectivity index (χ0) is 19.6. The number of nitrogens with one attached hydrogen (secondary N) is 1. The van der Waals surface area contributed by atoms with E-state index in [4.69, 9.17) is 4.52 Å². The van der Waals surface area contributed by atoms with Crippen molar-refractivity contribution in [2.24, 2.45) is 0 Å². The van der Waals surface area contributed by atoms with Crippen LogP contribution < -0.4 is 10.9 Å².